The Balaban J connectivity index is 2.32. The minimum atomic E-state index is -3.48. The summed E-state index contributed by atoms with van der Waals surface area (Å²) in [6.45, 7) is 3.01. The molecule has 7 heteroatoms. The van der Waals surface area contributed by atoms with Crippen molar-refractivity contribution in [3.8, 4) is 6.07 Å². The van der Waals surface area contributed by atoms with Crippen molar-refractivity contribution in [2.24, 2.45) is 0 Å². The molecule has 0 radical (unpaired) electrons. The van der Waals surface area contributed by atoms with Crippen LogP contribution in [-0.4, -0.2) is 38.5 Å². The zero-order chi connectivity index (χ0) is 12.5. The fourth-order valence-electron chi connectivity index (χ4n) is 1.70. The number of sulfonamides is 1. The molecule has 0 N–H and O–H groups in total. The molecule has 1 saturated heterocycles. The van der Waals surface area contributed by atoms with Crippen molar-refractivity contribution in [2.75, 3.05) is 19.8 Å². The summed E-state index contributed by atoms with van der Waals surface area (Å²) in [5, 5.41) is 8.71. The molecule has 92 valence electrons. The lowest BCUT2D eigenvalue weighted by molar-refractivity contribution is 0.0393. The van der Waals surface area contributed by atoms with E-state index in [2.05, 4.69) is 0 Å². The number of nitrogens with zero attached hydrogens (tertiary/aromatic N) is 2. The van der Waals surface area contributed by atoms with Crippen molar-refractivity contribution in [3.63, 3.8) is 0 Å². The van der Waals surface area contributed by atoms with E-state index in [4.69, 9.17) is 10.00 Å². The molecule has 0 amide bonds. The minimum Gasteiger partial charge on any atom is -0.378 e. The second-order valence-corrected chi connectivity index (χ2v) is 6.97. The first-order chi connectivity index (χ1) is 8.05. The van der Waals surface area contributed by atoms with E-state index < -0.39 is 10.0 Å². The van der Waals surface area contributed by atoms with E-state index in [1.165, 1.54) is 16.4 Å². The van der Waals surface area contributed by atoms with Gasteiger partial charge in [-0.15, -0.1) is 11.3 Å². The molecule has 2 rings (SSSR count). The van der Waals surface area contributed by atoms with E-state index >= 15 is 0 Å². The zero-order valence-electron chi connectivity index (χ0n) is 9.29. The van der Waals surface area contributed by atoms with Crippen LogP contribution in [0.1, 0.15) is 11.8 Å². The molecular weight excluding hydrogens is 260 g/mol. The Morgan fingerprint density at radius 1 is 1.59 bits per heavy atom. The fourth-order valence-corrected chi connectivity index (χ4v) is 4.54. The van der Waals surface area contributed by atoms with Gasteiger partial charge in [0.15, 0.2) is 0 Å². The van der Waals surface area contributed by atoms with Crippen LogP contribution in [0.2, 0.25) is 0 Å². The monoisotopic (exact) mass is 272 g/mol. The maximum atomic E-state index is 12.3. The number of morpholine rings is 1. The number of hydrogen-bond acceptors (Lipinski definition) is 5. The second-order valence-electron chi connectivity index (χ2n) is 3.77. The third kappa shape index (κ3) is 2.35. The topological polar surface area (TPSA) is 70.4 Å². The maximum absolute atomic E-state index is 12.3. The lowest BCUT2D eigenvalue weighted by atomic mass is 10.3. The molecular formula is C10H12N2O3S2. The molecule has 0 bridgehead atoms. The van der Waals surface area contributed by atoms with Gasteiger partial charge in [-0.1, -0.05) is 0 Å². The Morgan fingerprint density at radius 2 is 2.35 bits per heavy atom. The van der Waals surface area contributed by atoms with Gasteiger partial charge in [0.2, 0.25) is 0 Å². The van der Waals surface area contributed by atoms with Crippen LogP contribution in [0, 0.1) is 11.3 Å². The molecule has 0 spiro atoms. The van der Waals surface area contributed by atoms with Gasteiger partial charge < -0.3 is 4.74 Å². The highest BCUT2D eigenvalue weighted by molar-refractivity contribution is 7.91. The largest absolute Gasteiger partial charge is 0.378 e. The van der Waals surface area contributed by atoms with Crippen molar-refractivity contribution in [2.45, 2.75) is 17.2 Å². The van der Waals surface area contributed by atoms with Gasteiger partial charge in [0.05, 0.1) is 13.2 Å². The summed E-state index contributed by atoms with van der Waals surface area (Å²) in [5.74, 6) is 0. The minimum absolute atomic E-state index is 0.165. The first-order valence-electron chi connectivity index (χ1n) is 5.15. The van der Waals surface area contributed by atoms with E-state index in [9.17, 15) is 8.42 Å². The average Bonchev–Trinajstić information content (AvgIpc) is 2.78. The summed E-state index contributed by atoms with van der Waals surface area (Å²) < 4.78 is 31.5. The van der Waals surface area contributed by atoms with E-state index in [0.717, 1.165) is 11.3 Å². The highest BCUT2D eigenvalue weighted by atomic mass is 32.2. The van der Waals surface area contributed by atoms with Crippen molar-refractivity contribution < 1.29 is 13.2 Å². The molecule has 1 atom stereocenters. The molecule has 1 aromatic rings. The van der Waals surface area contributed by atoms with Crippen LogP contribution < -0.4 is 0 Å². The Labute approximate surface area is 104 Å². The van der Waals surface area contributed by atoms with Crippen LogP contribution in [0.3, 0.4) is 0 Å². The molecule has 0 saturated carbocycles. The van der Waals surface area contributed by atoms with Crippen molar-refractivity contribution in [3.05, 3.63) is 17.0 Å². The van der Waals surface area contributed by atoms with Crippen molar-refractivity contribution in [1.82, 2.24) is 4.31 Å². The number of ether oxygens (including phenoxy) is 1. The summed E-state index contributed by atoms with van der Waals surface area (Å²) in [5.41, 5.74) is 0. The smallest absolute Gasteiger partial charge is 0.252 e. The van der Waals surface area contributed by atoms with Gasteiger partial charge in [0, 0.05) is 12.6 Å². The first kappa shape index (κ1) is 12.5. The fraction of sp³-hybridized carbons (Fsp3) is 0.500. The highest BCUT2D eigenvalue weighted by Gasteiger charge is 2.32. The van der Waals surface area contributed by atoms with Crippen LogP contribution in [-0.2, 0) is 14.8 Å². The Kier molecular flexibility index (Phi) is 3.49. The molecule has 2 heterocycles. The number of nitriles is 1. The van der Waals surface area contributed by atoms with Crippen LogP contribution in [0.5, 0.6) is 0 Å². The highest BCUT2D eigenvalue weighted by Crippen LogP contribution is 2.26. The standard InChI is InChI=1S/C10H12N2O3S2/c1-8-7-15-5-4-12(8)17(13,14)10-3-2-9(6-11)16-10/h2-3,8H,4-5,7H2,1H3/t8-/m1/s1. The summed E-state index contributed by atoms with van der Waals surface area (Å²) in [6.07, 6.45) is 0. The van der Waals surface area contributed by atoms with Gasteiger partial charge in [-0.05, 0) is 19.1 Å². The van der Waals surface area contributed by atoms with Crippen molar-refractivity contribution >= 4 is 21.4 Å². The molecule has 1 fully saturated rings. The van der Waals surface area contributed by atoms with Gasteiger partial charge in [-0.3, -0.25) is 0 Å². The summed E-state index contributed by atoms with van der Waals surface area (Å²) in [4.78, 5) is 0.407. The van der Waals surface area contributed by atoms with E-state index in [1.807, 2.05) is 13.0 Å². The summed E-state index contributed by atoms with van der Waals surface area (Å²) in [7, 11) is -3.48. The number of hydrogen-bond donors (Lipinski definition) is 0. The van der Waals surface area contributed by atoms with E-state index in [-0.39, 0.29) is 10.3 Å². The van der Waals surface area contributed by atoms with Crippen LogP contribution in [0.4, 0.5) is 0 Å². The number of rotatable bonds is 2. The summed E-state index contributed by atoms with van der Waals surface area (Å²) in [6, 6.07) is 4.80. The van der Waals surface area contributed by atoms with Crippen molar-refractivity contribution in [1.29, 1.82) is 5.26 Å². The number of thiophene rings is 1. The SMILES string of the molecule is C[C@@H]1COCCN1S(=O)(=O)c1ccc(C#N)s1. The normalized spacial score (nSPS) is 22.2. The predicted octanol–water partition coefficient (Wildman–Crippen LogP) is 1.03. The van der Waals surface area contributed by atoms with Gasteiger partial charge >= 0.3 is 0 Å². The molecule has 5 nitrogen and oxygen atoms in total. The molecule has 0 aromatic carbocycles. The van der Waals surface area contributed by atoms with Crippen LogP contribution in [0.25, 0.3) is 0 Å². The van der Waals surface area contributed by atoms with Gasteiger partial charge in [-0.25, -0.2) is 8.42 Å². The molecule has 0 aliphatic carbocycles. The van der Waals surface area contributed by atoms with E-state index in [0.29, 0.717) is 24.6 Å². The van der Waals surface area contributed by atoms with E-state index in [1.54, 1.807) is 0 Å². The molecule has 1 aliphatic heterocycles. The zero-order valence-corrected chi connectivity index (χ0v) is 10.9. The van der Waals surface area contributed by atoms with Gasteiger partial charge in [0.25, 0.3) is 10.0 Å². The Hall–Kier alpha value is -0.940. The second kappa shape index (κ2) is 4.74. The first-order valence-corrected chi connectivity index (χ1v) is 7.41. The predicted molar refractivity (Wildman–Crippen MR) is 63.2 cm³/mol. The van der Waals surface area contributed by atoms with Crippen LogP contribution in [0.15, 0.2) is 16.3 Å². The molecule has 1 aromatic heterocycles. The Morgan fingerprint density at radius 3 is 2.94 bits per heavy atom. The average molecular weight is 272 g/mol. The maximum Gasteiger partial charge on any atom is 0.252 e. The Bertz CT molecular complexity index is 544. The lowest BCUT2D eigenvalue weighted by Gasteiger charge is -2.31. The van der Waals surface area contributed by atoms with Gasteiger partial charge in [-0.2, -0.15) is 9.57 Å². The molecule has 1 aliphatic rings. The van der Waals surface area contributed by atoms with Gasteiger partial charge in [0.1, 0.15) is 15.2 Å². The summed E-state index contributed by atoms with van der Waals surface area (Å²) >= 11 is 1.00. The molecule has 0 unspecified atom stereocenters. The third-order valence-electron chi connectivity index (χ3n) is 2.56. The van der Waals surface area contributed by atoms with Crippen LogP contribution >= 0.6 is 11.3 Å². The quantitative estimate of drug-likeness (QED) is 0.806. The lowest BCUT2D eigenvalue weighted by Crippen LogP contribution is -2.46. The third-order valence-corrected chi connectivity index (χ3v) is 6.03. The molecule has 17 heavy (non-hydrogen) atoms.